The first-order chi connectivity index (χ1) is 16.2. The Morgan fingerprint density at radius 2 is 1.26 bits per heavy atom. The number of hydrogen-bond acceptors (Lipinski definition) is 5. The smallest absolute Gasteiger partial charge is 0.363 e. The maximum absolute atomic E-state index is 13.8. The van der Waals surface area contributed by atoms with Crippen molar-refractivity contribution < 1.29 is 23.8 Å². The van der Waals surface area contributed by atoms with Crippen molar-refractivity contribution >= 4 is 11.9 Å². The molecule has 0 aliphatic heterocycles. The summed E-state index contributed by atoms with van der Waals surface area (Å²) in [5, 5.41) is 0. The molecule has 0 aliphatic rings. The number of hydrogen-bond donors (Lipinski definition) is 0. The number of carbonyl (C=O) groups is 2. The first kappa shape index (κ1) is 24.8. The fraction of sp³-hybridized carbons (Fsp3) is 0.241. The fourth-order valence-electron chi connectivity index (χ4n) is 3.41. The lowest BCUT2D eigenvalue weighted by molar-refractivity contribution is -0.189. The molecular formula is C29H30O5. The van der Waals surface area contributed by atoms with Crippen molar-refractivity contribution in [3.8, 4) is 5.75 Å². The SMILES string of the molecule is C=CC[C@](Oc1ccccc1)(C(=O)OC(c1ccccc1)c1ccccc1)C(=O)OC(C)(C)C. The minimum absolute atomic E-state index is 0.133. The van der Waals surface area contributed by atoms with Crippen molar-refractivity contribution in [1.29, 1.82) is 0 Å². The van der Waals surface area contributed by atoms with Gasteiger partial charge in [-0.05, 0) is 44.0 Å². The second kappa shape index (κ2) is 10.8. The Morgan fingerprint density at radius 3 is 1.71 bits per heavy atom. The maximum atomic E-state index is 13.8. The van der Waals surface area contributed by atoms with E-state index in [4.69, 9.17) is 14.2 Å². The minimum atomic E-state index is -2.07. The molecule has 3 rings (SSSR count). The summed E-state index contributed by atoms with van der Waals surface area (Å²) in [6.07, 6.45) is 0.570. The Morgan fingerprint density at radius 1 is 0.794 bits per heavy atom. The third-order valence-corrected chi connectivity index (χ3v) is 4.95. The van der Waals surface area contributed by atoms with Crippen LogP contribution in [-0.2, 0) is 19.1 Å². The number of para-hydroxylation sites is 1. The van der Waals surface area contributed by atoms with Crippen LogP contribution in [0, 0.1) is 0 Å². The molecule has 0 heterocycles. The van der Waals surface area contributed by atoms with Crippen LogP contribution in [0.5, 0.6) is 5.75 Å². The van der Waals surface area contributed by atoms with Crippen LogP contribution in [-0.4, -0.2) is 23.1 Å². The Kier molecular flexibility index (Phi) is 7.90. The van der Waals surface area contributed by atoms with Crippen LogP contribution in [0.3, 0.4) is 0 Å². The van der Waals surface area contributed by atoms with Crippen molar-refractivity contribution in [2.75, 3.05) is 0 Å². The average molecular weight is 459 g/mol. The Labute approximate surface area is 201 Å². The van der Waals surface area contributed by atoms with Crippen LogP contribution in [0.1, 0.15) is 44.4 Å². The van der Waals surface area contributed by atoms with E-state index in [-0.39, 0.29) is 6.42 Å². The standard InChI is InChI=1S/C29H30O5/c1-5-21-29(27(31)34-28(2,3)4,33-24-19-13-8-14-20-24)26(30)32-25(22-15-9-6-10-16-22)23-17-11-7-12-18-23/h5-20,25H,1,21H2,2-4H3/t29-/m0/s1. The molecule has 0 saturated heterocycles. The van der Waals surface area contributed by atoms with E-state index < -0.39 is 29.2 Å². The van der Waals surface area contributed by atoms with Gasteiger partial charge in [-0.2, -0.15) is 0 Å². The summed E-state index contributed by atoms with van der Waals surface area (Å²) < 4.78 is 17.7. The summed E-state index contributed by atoms with van der Waals surface area (Å²) in [4.78, 5) is 27.3. The van der Waals surface area contributed by atoms with Crippen LogP contribution in [0.4, 0.5) is 0 Å². The average Bonchev–Trinajstić information content (AvgIpc) is 2.82. The molecule has 176 valence electrons. The van der Waals surface area contributed by atoms with Gasteiger partial charge in [0.05, 0.1) is 0 Å². The highest BCUT2D eigenvalue weighted by Crippen LogP contribution is 2.32. The highest BCUT2D eigenvalue weighted by atomic mass is 16.6. The van der Waals surface area contributed by atoms with Crippen LogP contribution in [0.25, 0.3) is 0 Å². The van der Waals surface area contributed by atoms with E-state index in [2.05, 4.69) is 6.58 Å². The second-order valence-corrected chi connectivity index (χ2v) is 8.84. The normalized spacial score (nSPS) is 12.9. The van der Waals surface area contributed by atoms with Crippen molar-refractivity contribution in [3.05, 3.63) is 115 Å². The maximum Gasteiger partial charge on any atom is 0.363 e. The molecule has 0 saturated carbocycles. The molecular weight excluding hydrogens is 428 g/mol. The summed E-state index contributed by atoms with van der Waals surface area (Å²) in [5.41, 5.74) is -1.39. The number of benzene rings is 3. The molecule has 0 fully saturated rings. The van der Waals surface area contributed by atoms with Gasteiger partial charge >= 0.3 is 17.5 Å². The summed E-state index contributed by atoms with van der Waals surface area (Å²) in [7, 11) is 0. The zero-order chi connectivity index (χ0) is 24.6. The topological polar surface area (TPSA) is 61.8 Å². The molecule has 34 heavy (non-hydrogen) atoms. The Bertz CT molecular complexity index is 1050. The quantitative estimate of drug-likeness (QED) is 0.222. The lowest BCUT2D eigenvalue weighted by atomic mass is 9.97. The number of carbonyl (C=O) groups excluding carboxylic acids is 2. The van der Waals surface area contributed by atoms with E-state index in [0.717, 1.165) is 11.1 Å². The summed E-state index contributed by atoms with van der Waals surface area (Å²) in [5.74, 6) is -1.36. The number of rotatable bonds is 9. The molecule has 0 aromatic heterocycles. The zero-order valence-electron chi connectivity index (χ0n) is 19.8. The van der Waals surface area contributed by atoms with Gasteiger partial charge in [-0.25, -0.2) is 9.59 Å². The summed E-state index contributed by atoms with van der Waals surface area (Å²) in [6.45, 7) is 8.94. The van der Waals surface area contributed by atoms with Gasteiger partial charge in [0.15, 0.2) is 6.10 Å². The Hall–Kier alpha value is -3.86. The van der Waals surface area contributed by atoms with E-state index in [0.29, 0.717) is 5.75 Å². The van der Waals surface area contributed by atoms with Gasteiger partial charge in [-0.15, -0.1) is 6.58 Å². The molecule has 5 heteroatoms. The predicted octanol–water partition coefficient (Wildman–Crippen LogP) is 6.05. The monoisotopic (exact) mass is 458 g/mol. The van der Waals surface area contributed by atoms with Gasteiger partial charge in [0.25, 0.3) is 0 Å². The van der Waals surface area contributed by atoms with Gasteiger partial charge in [-0.3, -0.25) is 0 Å². The summed E-state index contributed by atoms with van der Waals surface area (Å²) >= 11 is 0. The van der Waals surface area contributed by atoms with E-state index in [1.54, 1.807) is 45.0 Å². The van der Waals surface area contributed by atoms with Crippen molar-refractivity contribution in [2.45, 2.75) is 44.5 Å². The van der Waals surface area contributed by atoms with Crippen LogP contribution in [0.2, 0.25) is 0 Å². The van der Waals surface area contributed by atoms with E-state index in [9.17, 15) is 9.59 Å². The van der Waals surface area contributed by atoms with Crippen LogP contribution < -0.4 is 4.74 Å². The highest BCUT2D eigenvalue weighted by Gasteiger charge is 2.53. The first-order valence-corrected chi connectivity index (χ1v) is 11.1. The van der Waals surface area contributed by atoms with Crippen molar-refractivity contribution in [2.24, 2.45) is 0 Å². The number of esters is 2. The molecule has 3 aromatic carbocycles. The van der Waals surface area contributed by atoms with Crippen molar-refractivity contribution in [1.82, 2.24) is 0 Å². The largest absolute Gasteiger partial charge is 0.464 e. The molecule has 0 radical (unpaired) electrons. The molecule has 3 aromatic rings. The Balaban J connectivity index is 2.06. The molecule has 0 amide bonds. The molecule has 0 aliphatic carbocycles. The second-order valence-electron chi connectivity index (χ2n) is 8.84. The molecule has 0 N–H and O–H groups in total. The molecule has 0 bridgehead atoms. The molecule has 1 atom stereocenters. The van der Waals surface area contributed by atoms with E-state index >= 15 is 0 Å². The molecule has 0 unspecified atom stereocenters. The van der Waals surface area contributed by atoms with E-state index in [1.165, 1.54) is 6.08 Å². The number of ether oxygens (including phenoxy) is 3. The third kappa shape index (κ3) is 6.13. The van der Waals surface area contributed by atoms with Gasteiger partial charge in [0, 0.05) is 6.42 Å². The zero-order valence-corrected chi connectivity index (χ0v) is 19.8. The lowest BCUT2D eigenvalue weighted by Gasteiger charge is -2.33. The third-order valence-electron chi connectivity index (χ3n) is 4.95. The lowest BCUT2D eigenvalue weighted by Crippen LogP contribution is -2.55. The van der Waals surface area contributed by atoms with Gasteiger partial charge in [-0.1, -0.05) is 84.9 Å². The minimum Gasteiger partial charge on any atom is -0.464 e. The van der Waals surface area contributed by atoms with E-state index in [1.807, 2.05) is 66.7 Å². The first-order valence-electron chi connectivity index (χ1n) is 11.1. The molecule has 0 spiro atoms. The molecule has 5 nitrogen and oxygen atoms in total. The van der Waals surface area contributed by atoms with Gasteiger partial charge in [0.2, 0.25) is 0 Å². The summed E-state index contributed by atoms with van der Waals surface area (Å²) in [6, 6.07) is 27.4. The fourth-order valence-corrected chi connectivity index (χ4v) is 3.41. The van der Waals surface area contributed by atoms with Crippen molar-refractivity contribution in [3.63, 3.8) is 0 Å². The van der Waals surface area contributed by atoms with Gasteiger partial charge < -0.3 is 14.2 Å². The van der Waals surface area contributed by atoms with Crippen LogP contribution in [0.15, 0.2) is 104 Å². The highest BCUT2D eigenvalue weighted by molar-refractivity contribution is 6.04. The van der Waals surface area contributed by atoms with Crippen LogP contribution >= 0.6 is 0 Å². The van der Waals surface area contributed by atoms with Gasteiger partial charge in [0.1, 0.15) is 11.4 Å². The predicted molar refractivity (Wildman–Crippen MR) is 131 cm³/mol.